The van der Waals surface area contributed by atoms with Gasteiger partial charge in [0.25, 0.3) is 5.91 Å². The monoisotopic (exact) mass is 344 g/mol. The Bertz CT molecular complexity index is 799. The van der Waals surface area contributed by atoms with Gasteiger partial charge in [-0.15, -0.1) is 10.2 Å². The van der Waals surface area contributed by atoms with Gasteiger partial charge in [0.1, 0.15) is 0 Å². The zero-order valence-electron chi connectivity index (χ0n) is 11.3. The third-order valence-electron chi connectivity index (χ3n) is 3.19. The molecule has 2 heterocycles. The van der Waals surface area contributed by atoms with Crippen LogP contribution in [0.4, 0.5) is 0 Å². The van der Waals surface area contributed by atoms with Gasteiger partial charge in [0, 0.05) is 10.7 Å². The molecule has 0 saturated carbocycles. The normalized spacial score (nSPS) is 12.3. The summed E-state index contributed by atoms with van der Waals surface area (Å²) >= 11 is 3.38. The predicted molar refractivity (Wildman–Crippen MR) is 83.0 cm³/mol. The quantitative estimate of drug-likeness (QED) is 0.794. The van der Waals surface area contributed by atoms with Gasteiger partial charge in [-0.2, -0.15) is 0 Å². The van der Waals surface area contributed by atoms with E-state index in [-0.39, 0.29) is 11.9 Å². The van der Waals surface area contributed by atoms with E-state index in [0.717, 1.165) is 10.1 Å². The summed E-state index contributed by atoms with van der Waals surface area (Å²) in [4.78, 5) is 12.3. The van der Waals surface area contributed by atoms with Gasteiger partial charge in [-0.05, 0) is 47.1 Å². The van der Waals surface area contributed by atoms with Crippen molar-refractivity contribution in [1.29, 1.82) is 0 Å². The van der Waals surface area contributed by atoms with Crippen molar-refractivity contribution in [2.45, 2.75) is 13.0 Å². The highest BCUT2D eigenvalue weighted by Crippen LogP contribution is 2.18. The second-order valence-corrected chi connectivity index (χ2v) is 5.52. The van der Waals surface area contributed by atoms with E-state index in [9.17, 15) is 4.79 Å². The Morgan fingerprint density at radius 3 is 2.76 bits per heavy atom. The third kappa shape index (κ3) is 2.67. The van der Waals surface area contributed by atoms with Crippen molar-refractivity contribution in [3.63, 3.8) is 0 Å². The van der Waals surface area contributed by atoms with Crippen LogP contribution in [-0.4, -0.2) is 20.5 Å². The minimum absolute atomic E-state index is 0.150. The largest absolute Gasteiger partial charge is 0.342 e. The van der Waals surface area contributed by atoms with Crippen molar-refractivity contribution >= 4 is 27.5 Å². The first-order chi connectivity index (χ1) is 10.2. The van der Waals surface area contributed by atoms with Gasteiger partial charge in [0.15, 0.2) is 11.5 Å². The molecule has 0 aliphatic carbocycles. The SMILES string of the molecule is CC(NC(=O)c1ccccc1Br)c1nnc2ccccn12. The number of carbonyl (C=O) groups is 1. The molecule has 1 unspecified atom stereocenters. The summed E-state index contributed by atoms with van der Waals surface area (Å²) in [5.41, 5.74) is 1.35. The molecule has 0 saturated heterocycles. The summed E-state index contributed by atoms with van der Waals surface area (Å²) < 4.78 is 2.63. The zero-order chi connectivity index (χ0) is 14.8. The summed E-state index contributed by atoms with van der Waals surface area (Å²) in [5.74, 6) is 0.550. The number of fused-ring (bicyclic) bond motifs is 1. The van der Waals surface area contributed by atoms with Gasteiger partial charge >= 0.3 is 0 Å². The molecule has 5 nitrogen and oxygen atoms in total. The number of hydrogen-bond acceptors (Lipinski definition) is 3. The average Bonchev–Trinajstić information content (AvgIpc) is 2.91. The lowest BCUT2D eigenvalue weighted by Gasteiger charge is -2.13. The molecule has 106 valence electrons. The van der Waals surface area contributed by atoms with Gasteiger partial charge in [-0.1, -0.05) is 18.2 Å². The van der Waals surface area contributed by atoms with E-state index in [1.54, 1.807) is 6.07 Å². The topological polar surface area (TPSA) is 59.3 Å². The Kier molecular flexibility index (Phi) is 3.70. The molecule has 0 radical (unpaired) electrons. The van der Waals surface area contributed by atoms with Gasteiger partial charge in [-0.3, -0.25) is 9.20 Å². The summed E-state index contributed by atoms with van der Waals surface area (Å²) in [6.45, 7) is 1.89. The second-order valence-electron chi connectivity index (χ2n) is 4.66. The number of pyridine rings is 1. The van der Waals surface area contributed by atoms with Crippen molar-refractivity contribution in [2.24, 2.45) is 0 Å². The molecule has 1 aromatic carbocycles. The molecule has 0 bridgehead atoms. The van der Waals surface area contributed by atoms with E-state index in [0.29, 0.717) is 11.4 Å². The maximum Gasteiger partial charge on any atom is 0.253 e. The number of carbonyl (C=O) groups excluding carboxylic acids is 1. The molecule has 6 heteroatoms. The Hall–Kier alpha value is -2.21. The van der Waals surface area contributed by atoms with E-state index in [4.69, 9.17) is 0 Å². The van der Waals surface area contributed by atoms with Crippen LogP contribution in [0, 0.1) is 0 Å². The van der Waals surface area contributed by atoms with Crippen LogP contribution >= 0.6 is 15.9 Å². The van der Waals surface area contributed by atoms with Crippen LogP contribution in [0.15, 0.2) is 53.1 Å². The van der Waals surface area contributed by atoms with E-state index in [1.807, 2.05) is 53.9 Å². The van der Waals surface area contributed by atoms with Crippen LogP contribution < -0.4 is 5.32 Å². The Balaban J connectivity index is 1.85. The van der Waals surface area contributed by atoms with Crippen LogP contribution in [0.1, 0.15) is 29.1 Å². The fraction of sp³-hybridized carbons (Fsp3) is 0.133. The van der Waals surface area contributed by atoms with E-state index in [2.05, 4.69) is 31.4 Å². The van der Waals surface area contributed by atoms with Gasteiger partial charge in [-0.25, -0.2) is 0 Å². The maximum atomic E-state index is 12.3. The molecule has 1 N–H and O–H groups in total. The fourth-order valence-corrected chi connectivity index (χ4v) is 2.60. The first-order valence-electron chi connectivity index (χ1n) is 6.52. The number of aromatic nitrogens is 3. The van der Waals surface area contributed by atoms with E-state index in [1.165, 1.54) is 0 Å². The minimum Gasteiger partial charge on any atom is -0.342 e. The average molecular weight is 345 g/mol. The molecular weight excluding hydrogens is 332 g/mol. The molecule has 0 aliphatic rings. The summed E-state index contributed by atoms with van der Waals surface area (Å²) in [6, 6.07) is 12.7. The summed E-state index contributed by atoms with van der Waals surface area (Å²) in [7, 11) is 0. The third-order valence-corrected chi connectivity index (χ3v) is 3.88. The minimum atomic E-state index is -0.248. The lowest BCUT2D eigenvalue weighted by atomic mass is 10.2. The van der Waals surface area contributed by atoms with Crippen molar-refractivity contribution in [3.05, 3.63) is 64.5 Å². The lowest BCUT2D eigenvalue weighted by Crippen LogP contribution is -2.28. The number of benzene rings is 1. The molecule has 21 heavy (non-hydrogen) atoms. The van der Waals surface area contributed by atoms with Gasteiger partial charge < -0.3 is 5.32 Å². The highest BCUT2D eigenvalue weighted by Gasteiger charge is 2.17. The summed E-state index contributed by atoms with van der Waals surface area (Å²) in [5, 5.41) is 11.2. The van der Waals surface area contributed by atoms with Crippen LogP contribution in [0.3, 0.4) is 0 Å². The predicted octanol–water partition coefficient (Wildman–Crippen LogP) is 2.98. The van der Waals surface area contributed by atoms with E-state index < -0.39 is 0 Å². The standard InChI is InChI=1S/C15H13BrN4O/c1-10(14-19-18-13-8-4-5-9-20(13)14)17-15(21)11-6-2-3-7-12(11)16/h2-10H,1H3,(H,17,21). The number of rotatable bonds is 3. The number of amides is 1. The van der Waals surface area contributed by atoms with Crippen LogP contribution in [0.25, 0.3) is 5.65 Å². The molecule has 3 rings (SSSR count). The fourth-order valence-electron chi connectivity index (χ4n) is 2.14. The first kappa shape index (κ1) is 13.8. The molecule has 1 amide bonds. The second kappa shape index (κ2) is 5.65. The smallest absolute Gasteiger partial charge is 0.253 e. The molecule has 0 aliphatic heterocycles. The maximum absolute atomic E-state index is 12.3. The number of hydrogen-bond donors (Lipinski definition) is 1. The van der Waals surface area contributed by atoms with Gasteiger partial charge in [0.2, 0.25) is 0 Å². The summed E-state index contributed by atoms with van der Waals surface area (Å²) in [6.07, 6.45) is 1.88. The van der Waals surface area contributed by atoms with Crippen LogP contribution in [0.5, 0.6) is 0 Å². The number of halogens is 1. The first-order valence-corrected chi connectivity index (χ1v) is 7.31. The van der Waals surface area contributed by atoms with Crippen molar-refractivity contribution < 1.29 is 4.79 Å². The highest BCUT2D eigenvalue weighted by atomic mass is 79.9. The molecule has 3 aromatic rings. The zero-order valence-corrected chi connectivity index (χ0v) is 12.9. The van der Waals surface area contributed by atoms with E-state index >= 15 is 0 Å². The Morgan fingerprint density at radius 2 is 1.95 bits per heavy atom. The van der Waals surface area contributed by atoms with Gasteiger partial charge in [0.05, 0.1) is 11.6 Å². The van der Waals surface area contributed by atoms with Crippen LogP contribution in [-0.2, 0) is 0 Å². The molecule has 0 spiro atoms. The molecule has 1 atom stereocenters. The molecule has 0 fully saturated rings. The van der Waals surface area contributed by atoms with Crippen LogP contribution in [0.2, 0.25) is 0 Å². The Labute approximate surface area is 130 Å². The van der Waals surface area contributed by atoms with Crippen molar-refractivity contribution in [2.75, 3.05) is 0 Å². The molecule has 2 aromatic heterocycles. The Morgan fingerprint density at radius 1 is 1.19 bits per heavy atom. The molecular formula is C15H13BrN4O. The highest BCUT2D eigenvalue weighted by molar-refractivity contribution is 9.10. The lowest BCUT2D eigenvalue weighted by molar-refractivity contribution is 0.0937. The van der Waals surface area contributed by atoms with Crippen molar-refractivity contribution in [1.82, 2.24) is 19.9 Å². The number of nitrogens with zero attached hydrogens (tertiary/aromatic N) is 3. The van der Waals surface area contributed by atoms with Crippen molar-refractivity contribution in [3.8, 4) is 0 Å². The number of nitrogens with one attached hydrogen (secondary N) is 1.